The Kier molecular flexibility index (Phi) is 6.54. The van der Waals surface area contributed by atoms with Crippen LogP contribution in [0.5, 0.6) is 17.2 Å². The zero-order chi connectivity index (χ0) is 19.1. The highest BCUT2D eigenvalue weighted by Crippen LogP contribution is 2.25. The Balaban J connectivity index is 1.47. The van der Waals surface area contributed by atoms with E-state index < -0.39 is 0 Å². The summed E-state index contributed by atoms with van der Waals surface area (Å²) in [5, 5.41) is 0. The van der Waals surface area contributed by atoms with Crippen LogP contribution in [0.2, 0.25) is 0 Å². The Morgan fingerprint density at radius 3 is 2.11 bits per heavy atom. The number of ether oxygens (including phenoxy) is 3. The lowest BCUT2D eigenvalue weighted by molar-refractivity contribution is 0.0616. The molecule has 1 fully saturated rings. The van der Waals surface area contributed by atoms with E-state index in [1.807, 2.05) is 53.4 Å². The molecule has 3 rings (SSSR count). The molecule has 0 aromatic heterocycles. The first-order chi connectivity index (χ1) is 13.2. The summed E-state index contributed by atoms with van der Waals surface area (Å²) in [4.78, 5) is 16.9. The number of hydrogen-bond acceptors (Lipinski definition) is 5. The smallest absolute Gasteiger partial charge is 0.257 e. The number of rotatable bonds is 7. The molecule has 0 bridgehead atoms. The number of methoxy groups -OCH3 is 2. The molecule has 1 amide bonds. The predicted octanol–water partition coefficient (Wildman–Crippen LogP) is 2.54. The summed E-state index contributed by atoms with van der Waals surface area (Å²) in [6, 6.07) is 15.0. The topological polar surface area (TPSA) is 51.2 Å². The third-order valence-electron chi connectivity index (χ3n) is 4.73. The maximum atomic E-state index is 12.7. The number of hydrogen-bond donors (Lipinski definition) is 0. The molecule has 0 radical (unpaired) electrons. The van der Waals surface area contributed by atoms with Crippen LogP contribution in [0.15, 0.2) is 48.5 Å². The van der Waals surface area contributed by atoms with Gasteiger partial charge >= 0.3 is 0 Å². The first-order valence-corrected chi connectivity index (χ1v) is 9.13. The van der Waals surface area contributed by atoms with Gasteiger partial charge in [-0.2, -0.15) is 0 Å². The Labute approximate surface area is 160 Å². The van der Waals surface area contributed by atoms with Crippen molar-refractivity contribution in [2.24, 2.45) is 0 Å². The molecule has 0 spiro atoms. The van der Waals surface area contributed by atoms with Crippen molar-refractivity contribution in [1.82, 2.24) is 9.80 Å². The van der Waals surface area contributed by atoms with Gasteiger partial charge in [0.25, 0.3) is 5.91 Å². The highest BCUT2D eigenvalue weighted by Gasteiger charge is 2.24. The molecule has 0 unspecified atom stereocenters. The Bertz CT molecular complexity index is 757. The van der Waals surface area contributed by atoms with Gasteiger partial charge in [-0.1, -0.05) is 24.3 Å². The van der Waals surface area contributed by atoms with E-state index in [0.29, 0.717) is 31.0 Å². The molecule has 6 nitrogen and oxygen atoms in total. The zero-order valence-electron chi connectivity index (χ0n) is 15.9. The first kappa shape index (κ1) is 19.0. The highest BCUT2D eigenvalue weighted by atomic mass is 16.5. The van der Waals surface area contributed by atoms with Gasteiger partial charge in [-0.25, -0.2) is 0 Å². The van der Waals surface area contributed by atoms with E-state index in [1.54, 1.807) is 14.2 Å². The van der Waals surface area contributed by atoms with Crippen LogP contribution in [0.3, 0.4) is 0 Å². The van der Waals surface area contributed by atoms with Crippen LogP contribution < -0.4 is 14.2 Å². The molecule has 2 aromatic carbocycles. The van der Waals surface area contributed by atoms with E-state index in [-0.39, 0.29) is 5.91 Å². The van der Waals surface area contributed by atoms with E-state index in [2.05, 4.69) is 4.90 Å². The van der Waals surface area contributed by atoms with Crippen LogP contribution >= 0.6 is 0 Å². The van der Waals surface area contributed by atoms with Crippen molar-refractivity contribution in [2.45, 2.75) is 0 Å². The minimum Gasteiger partial charge on any atom is -0.496 e. The van der Waals surface area contributed by atoms with Crippen molar-refractivity contribution < 1.29 is 19.0 Å². The summed E-state index contributed by atoms with van der Waals surface area (Å²) in [7, 11) is 3.23. The Morgan fingerprint density at radius 2 is 1.44 bits per heavy atom. The second kappa shape index (κ2) is 9.28. The summed E-state index contributed by atoms with van der Waals surface area (Å²) in [6.45, 7) is 4.46. The van der Waals surface area contributed by atoms with Crippen LogP contribution in [-0.2, 0) is 0 Å². The van der Waals surface area contributed by atoms with E-state index in [0.717, 1.165) is 31.1 Å². The SMILES string of the molecule is COc1ccccc1OCCN1CCN(C(=O)c2ccccc2OC)CC1. The molecule has 1 saturated heterocycles. The van der Waals surface area contributed by atoms with E-state index in [9.17, 15) is 4.79 Å². The van der Waals surface area contributed by atoms with E-state index >= 15 is 0 Å². The summed E-state index contributed by atoms with van der Waals surface area (Å²) < 4.78 is 16.4. The maximum Gasteiger partial charge on any atom is 0.257 e. The summed E-state index contributed by atoms with van der Waals surface area (Å²) >= 11 is 0. The van der Waals surface area contributed by atoms with Gasteiger partial charge in [-0.05, 0) is 24.3 Å². The standard InChI is InChI=1S/C21H26N2O4/c1-25-18-8-4-3-7-17(18)21(24)23-13-11-22(12-14-23)15-16-27-20-10-6-5-9-19(20)26-2/h3-10H,11-16H2,1-2H3. The van der Waals surface area contributed by atoms with Gasteiger partial charge in [-0.3, -0.25) is 9.69 Å². The maximum absolute atomic E-state index is 12.7. The van der Waals surface area contributed by atoms with Crippen molar-refractivity contribution >= 4 is 5.91 Å². The van der Waals surface area contributed by atoms with Gasteiger partial charge in [0.15, 0.2) is 11.5 Å². The average Bonchev–Trinajstić information content (AvgIpc) is 2.74. The monoisotopic (exact) mass is 370 g/mol. The van der Waals surface area contributed by atoms with Crippen LogP contribution in [-0.4, -0.2) is 69.3 Å². The molecule has 0 atom stereocenters. The van der Waals surface area contributed by atoms with Gasteiger partial charge in [0.05, 0.1) is 19.8 Å². The molecule has 6 heteroatoms. The minimum atomic E-state index is 0.0253. The van der Waals surface area contributed by atoms with Crippen LogP contribution in [0.4, 0.5) is 0 Å². The summed E-state index contributed by atoms with van der Waals surface area (Å²) in [6.07, 6.45) is 0. The van der Waals surface area contributed by atoms with E-state index in [1.165, 1.54) is 0 Å². The largest absolute Gasteiger partial charge is 0.496 e. The van der Waals surface area contributed by atoms with Crippen LogP contribution in [0, 0.1) is 0 Å². The lowest BCUT2D eigenvalue weighted by Gasteiger charge is -2.34. The number of carbonyl (C=O) groups excluding carboxylic acids is 1. The molecule has 0 aliphatic carbocycles. The molecular formula is C21H26N2O4. The first-order valence-electron chi connectivity index (χ1n) is 9.13. The second-order valence-corrected chi connectivity index (χ2v) is 6.33. The molecule has 1 heterocycles. The summed E-state index contributed by atoms with van der Waals surface area (Å²) in [5.74, 6) is 2.14. The fraction of sp³-hybridized carbons (Fsp3) is 0.381. The number of amides is 1. The van der Waals surface area contributed by atoms with Gasteiger partial charge in [0.2, 0.25) is 0 Å². The number of benzene rings is 2. The Hall–Kier alpha value is -2.73. The second-order valence-electron chi connectivity index (χ2n) is 6.33. The number of carbonyl (C=O) groups is 1. The molecule has 144 valence electrons. The van der Waals surface area contributed by atoms with Crippen molar-refractivity contribution in [3.8, 4) is 17.2 Å². The third-order valence-corrected chi connectivity index (χ3v) is 4.73. The predicted molar refractivity (Wildman–Crippen MR) is 104 cm³/mol. The average molecular weight is 370 g/mol. The molecule has 0 saturated carbocycles. The number of para-hydroxylation sites is 3. The lowest BCUT2D eigenvalue weighted by Crippen LogP contribution is -2.49. The van der Waals surface area contributed by atoms with Gasteiger partial charge in [-0.15, -0.1) is 0 Å². The van der Waals surface area contributed by atoms with Gasteiger partial charge in [0, 0.05) is 32.7 Å². The number of nitrogens with zero attached hydrogens (tertiary/aromatic N) is 2. The van der Waals surface area contributed by atoms with E-state index in [4.69, 9.17) is 14.2 Å². The van der Waals surface area contributed by atoms with Gasteiger partial charge in [0.1, 0.15) is 12.4 Å². The van der Waals surface area contributed by atoms with Crippen molar-refractivity contribution in [3.05, 3.63) is 54.1 Å². The minimum absolute atomic E-state index is 0.0253. The van der Waals surface area contributed by atoms with Crippen molar-refractivity contribution in [1.29, 1.82) is 0 Å². The summed E-state index contributed by atoms with van der Waals surface area (Å²) in [5.41, 5.74) is 0.618. The molecular weight excluding hydrogens is 344 g/mol. The molecule has 2 aromatic rings. The molecule has 0 N–H and O–H groups in total. The Morgan fingerprint density at radius 1 is 0.852 bits per heavy atom. The van der Waals surface area contributed by atoms with Crippen LogP contribution in [0.1, 0.15) is 10.4 Å². The van der Waals surface area contributed by atoms with Crippen molar-refractivity contribution in [2.75, 3.05) is 53.6 Å². The fourth-order valence-corrected chi connectivity index (χ4v) is 3.19. The van der Waals surface area contributed by atoms with Crippen LogP contribution in [0.25, 0.3) is 0 Å². The lowest BCUT2D eigenvalue weighted by atomic mass is 10.1. The molecule has 1 aliphatic heterocycles. The third kappa shape index (κ3) is 4.71. The normalized spacial score (nSPS) is 14.7. The molecule has 27 heavy (non-hydrogen) atoms. The van der Waals surface area contributed by atoms with Crippen molar-refractivity contribution in [3.63, 3.8) is 0 Å². The number of piperazine rings is 1. The highest BCUT2D eigenvalue weighted by molar-refractivity contribution is 5.97. The molecule has 1 aliphatic rings. The quantitative estimate of drug-likeness (QED) is 0.750. The fourth-order valence-electron chi connectivity index (χ4n) is 3.19. The zero-order valence-corrected chi connectivity index (χ0v) is 15.9. The van der Waals surface area contributed by atoms with Gasteiger partial charge < -0.3 is 19.1 Å².